The van der Waals surface area contributed by atoms with Gasteiger partial charge in [-0.25, -0.2) is 8.42 Å². The predicted molar refractivity (Wildman–Crippen MR) is 159 cm³/mol. The van der Waals surface area contributed by atoms with Crippen LogP contribution in [-0.4, -0.2) is 41.7 Å². The lowest BCUT2D eigenvalue weighted by molar-refractivity contribution is -0.120. The largest absolute Gasteiger partial charge is 0.494 e. The standard InChI is InChI=1S/C32H34N2O6S/c1-5-40-26-17-15-25(16-18-26)34(41(36,37)27-19-20-29(38-3)30(21-27)39-4)22-31(35)33-32(24-12-7-6-8-13-24)28-14-10-9-11-23(28)2/h6-21,32H,5,22H2,1-4H3,(H,33,35)/t32-/m1/s1. The average molecular weight is 575 g/mol. The third-order valence-electron chi connectivity index (χ3n) is 6.60. The zero-order valence-electron chi connectivity index (χ0n) is 23.5. The Labute approximate surface area is 241 Å². The summed E-state index contributed by atoms with van der Waals surface area (Å²) in [6.07, 6.45) is 0. The van der Waals surface area contributed by atoms with Crippen LogP contribution in [0.25, 0.3) is 0 Å². The summed E-state index contributed by atoms with van der Waals surface area (Å²) in [6, 6.07) is 27.8. The molecule has 1 atom stereocenters. The third-order valence-corrected chi connectivity index (χ3v) is 8.37. The molecule has 0 fully saturated rings. The van der Waals surface area contributed by atoms with E-state index in [1.807, 2.05) is 68.4 Å². The second kappa shape index (κ2) is 13.2. The monoisotopic (exact) mass is 574 g/mol. The Morgan fingerprint density at radius 2 is 1.51 bits per heavy atom. The maximum atomic E-state index is 14.0. The number of amides is 1. The van der Waals surface area contributed by atoms with E-state index in [4.69, 9.17) is 14.2 Å². The van der Waals surface area contributed by atoms with Crippen molar-refractivity contribution >= 4 is 21.6 Å². The number of anilines is 1. The van der Waals surface area contributed by atoms with Gasteiger partial charge in [0.1, 0.15) is 12.3 Å². The van der Waals surface area contributed by atoms with Crippen molar-refractivity contribution in [2.45, 2.75) is 24.8 Å². The minimum absolute atomic E-state index is 0.0460. The summed E-state index contributed by atoms with van der Waals surface area (Å²) in [6.45, 7) is 3.85. The fourth-order valence-electron chi connectivity index (χ4n) is 4.53. The summed E-state index contributed by atoms with van der Waals surface area (Å²) in [5.41, 5.74) is 3.11. The molecule has 1 amide bonds. The number of hydrogen-bond donors (Lipinski definition) is 1. The Kier molecular flexibility index (Phi) is 9.52. The average Bonchev–Trinajstić information content (AvgIpc) is 2.99. The van der Waals surface area contributed by atoms with Gasteiger partial charge in [0.2, 0.25) is 5.91 Å². The number of aryl methyl sites for hydroxylation is 1. The summed E-state index contributed by atoms with van der Waals surface area (Å²) in [4.78, 5) is 13.6. The first kappa shape index (κ1) is 29.5. The van der Waals surface area contributed by atoms with Gasteiger partial charge in [-0.2, -0.15) is 0 Å². The number of nitrogens with zero attached hydrogens (tertiary/aromatic N) is 1. The lowest BCUT2D eigenvalue weighted by Crippen LogP contribution is -2.42. The van der Waals surface area contributed by atoms with E-state index in [1.54, 1.807) is 24.3 Å². The van der Waals surface area contributed by atoms with Gasteiger partial charge >= 0.3 is 0 Å². The first-order valence-corrected chi connectivity index (χ1v) is 14.6. The highest BCUT2D eigenvalue weighted by Gasteiger charge is 2.30. The van der Waals surface area contributed by atoms with Crippen molar-refractivity contribution in [1.82, 2.24) is 5.32 Å². The number of benzene rings is 4. The number of sulfonamides is 1. The number of nitrogens with one attached hydrogen (secondary N) is 1. The lowest BCUT2D eigenvalue weighted by Gasteiger charge is -2.27. The SMILES string of the molecule is CCOc1ccc(N(CC(=O)N[C@H](c2ccccc2)c2ccccc2C)S(=O)(=O)c2ccc(OC)c(OC)c2)cc1. The van der Waals surface area contributed by atoms with Crippen LogP contribution in [0.1, 0.15) is 29.7 Å². The Balaban J connectivity index is 1.72. The highest BCUT2D eigenvalue weighted by Crippen LogP contribution is 2.33. The quantitative estimate of drug-likeness (QED) is 0.240. The normalized spacial score (nSPS) is 11.8. The van der Waals surface area contributed by atoms with Gasteiger partial charge in [-0.3, -0.25) is 9.10 Å². The van der Waals surface area contributed by atoms with E-state index >= 15 is 0 Å². The second-order valence-electron chi connectivity index (χ2n) is 9.22. The van der Waals surface area contributed by atoms with Gasteiger partial charge in [-0.05, 0) is 66.9 Å². The van der Waals surface area contributed by atoms with Gasteiger partial charge < -0.3 is 19.5 Å². The van der Waals surface area contributed by atoms with Crippen molar-refractivity contribution in [3.8, 4) is 17.2 Å². The highest BCUT2D eigenvalue weighted by atomic mass is 32.2. The van der Waals surface area contributed by atoms with Crippen LogP contribution in [0.4, 0.5) is 5.69 Å². The zero-order chi connectivity index (χ0) is 29.4. The van der Waals surface area contributed by atoms with E-state index in [9.17, 15) is 13.2 Å². The Morgan fingerprint density at radius 1 is 0.854 bits per heavy atom. The van der Waals surface area contributed by atoms with Crippen LogP contribution in [-0.2, 0) is 14.8 Å². The molecule has 8 nitrogen and oxygen atoms in total. The molecule has 0 radical (unpaired) electrons. The van der Waals surface area contributed by atoms with E-state index in [2.05, 4.69) is 5.32 Å². The third kappa shape index (κ3) is 6.81. The molecule has 0 aliphatic rings. The molecule has 0 bridgehead atoms. The van der Waals surface area contributed by atoms with Crippen LogP contribution in [0.3, 0.4) is 0 Å². The lowest BCUT2D eigenvalue weighted by atomic mass is 9.95. The molecule has 4 aromatic carbocycles. The molecule has 0 saturated heterocycles. The summed E-state index contributed by atoms with van der Waals surface area (Å²) in [5, 5.41) is 3.07. The summed E-state index contributed by atoms with van der Waals surface area (Å²) in [5.74, 6) is 0.766. The van der Waals surface area contributed by atoms with Gasteiger partial charge in [0, 0.05) is 6.07 Å². The van der Waals surface area contributed by atoms with Crippen LogP contribution in [0.5, 0.6) is 17.2 Å². The Morgan fingerprint density at radius 3 is 2.15 bits per heavy atom. The Hall–Kier alpha value is -4.50. The molecule has 0 aliphatic carbocycles. The van der Waals surface area contributed by atoms with Gasteiger partial charge in [-0.1, -0.05) is 54.6 Å². The first-order valence-electron chi connectivity index (χ1n) is 13.2. The summed E-state index contributed by atoms with van der Waals surface area (Å²) in [7, 11) is -1.30. The molecule has 1 N–H and O–H groups in total. The van der Waals surface area contributed by atoms with Crippen molar-refractivity contribution in [2.75, 3.05) is 31.7 Å². The van der Waals surface area contributed by atoms with E-state index < -0.39 is 28.5 Å². The molecule has 214 valence electrons. The van der Waals surface area contributed by atoms with Crippen LogP contribution in [0.2, 0.25) is 0 Å². The molecule has 4 aromatic rings. The van der Waals surface area contributed by atoms with Crippen LogP contribution in [0, 0.1) is 6.92 Å². The van der Waals surface area contributed by atoms with E-state index in [-0.39, 0.29) is 10.6 Å². The number of rotatable bonds is 12. The number of carbonyl (C=O) groups is 1. The molecule has 0 aliphatic heterocycles. The minimum atomic E-state index is -4.21. The highest BCUT2D eigenvalue weighted by molar-refractivity contribution is 7.92. The fourth-order valence-corrected chi connectivity index (χ4v) is 5.97. The van der Waals surface area contributed by atoms with E-state index in [0.717, 1.165) is 21.0 Å². The Bertz CT molecular complexity index is 1570. The fraction of sp³-hybridized carbons (Fsp3) is 0.219. The second-order valence-corrected chi connectivity index (χ2v) is 11.1. The molecule has 0 heterocycles. The number of hydrogen-bond acceptors (Lipinski definition) is 6. The van der Waals surface area contributed by atoms with Crippen LogP contribution in [0.15, 0.2) is 102 Å². The molecule has 4 rings (SSSR count). The van der Waals surface area contributed by atoms with Crippen molar-refractivity contribution in [3.63, 3.8) is 0 Å². The van der Waals surface area contributed by atoms with Crippen LogP contribution < -0.4 is 23.8 Å². The van der Waals surface area contributed by atoms with Crippen molar-refractivity contribution in [2.24, 2.45) is 0 Å². The molecule has 0 spiro atoms. The van der Waals surface area contributed by atoms with Crippen molar-refractivity contribution in [3.05, 3.63) is 114 Å². The smallest absolute Gasteiger partial charge is 0.264 e. The molecular weight excluding hydrogens is 540 g/mol. The molecule has 0 unspecified atom stereocenters. The maximum absolute atomic E-state index is 14.0. The molecule has 0 aromatic heterocycles. The topological polar surface area (TPSA) is 94.2 Å². The van der Waals surface area contributed by atoms with Crippen molar-refractivity contribution < 1.29 is 27.4 Å². The zero-order valence-corrected chi connectivity index (χ0v) is 24.4. The summed E-state index contributed by atoms with van der Waals surface area (Å²) < 4.78 is 45.3. The maximum Gasteiger partial charge on any atom is 0.264 e. The van der Waals surface area contributed by atoms with Gasteiger partial charge in [0.15, 0.2) is 11.5 Å². The predicted octanol–water partition coefficient (Wildman–Crippen LogP) is 5.51. The molecule has 41 heavy (non-hydrogen) atoms. The van der Waals surface area contributed by atoms with E-state index in [1.165, 1.54) is 32.4 Å². The number of methoxy groups -OCH3 is 2. The molecule has 0 saturated carbocycles. The minimum Gasteiger partial charge on any atom is -0.494 e. The first-order chi connectivity index (χ1) is 19.8. The number of ether oxygens (including phenoxy) is 3. The summed E-state index contributed by atoms with van der Waals surface area (Å²) >= 11 is 0. The van der Waals surface area contributed by atoms with Gasteiger partial charge in [-0.15, -0.1) is 0 Å². The molecule has 9 heteroatoms. The number of carbonyl (C=O) groups excluding carboxylic acids is 1. The van der Waals surface area contributed by atoms with Crippen LogP contribution >= 0.6 is 0 Å². The van der Waals surface area contributed by atoms with Gasteiger partial charge in [0.05, 0.1) is 37.5 Å². The van der Waals surface area contributed by atoms with E-state index in [0.29, 0.717) is 23.8 Å². The molecular formula is C32H34N2O6S. The van der Waals surface area contributed by atoms with Crippen molar-refractivity contribution in [1.29, 1.82) is 0 Å². The van der Waals surface area contributed by atoms with Gasteiger partial charge in [0.25, 0.3) is 10.0 Å².